The molecule has 0 radical (unpaired) electrons. The quantitative estimate of drug-likeness (QED) is 0.375. The summed E-state index contributed by atoms with van der Waals surface area (Å²) in [6.45, 7) is 5.68. The second kappa shape index (κ2) is 10.2. The van der Waals surface area contributed by atoms with E-state index >= 15 is 0 Å². The summed E-state index contributed by atoms with van der Waals surface area (Å²) in [7, 11) is 0. The molecule has 0 heterocycles. The monoisotopic (exact) mass is 230 g/mol. The topological polar surface area (TPSA) is 61.8 Å². The molecule has 0 rings (SSSR count). The molecule has 0 aliphatic carbocycles. The van der Waals surface area contributed by atoms with Crippen molar-refractivity contribution in [1.29, 1.82) is 0 Å². The summed E-state index contributed by atoms with van der Waals surface area (Å²) in [5.41, 5.74) is 0. The van der Waals surface area contributed by atoms with Gasteiger partial charge in [0.2, 0.25) is 0 Å². The van der Waals surface area contributed by atoms with E-state index < -0.39 is 18.0 Å². The summed E-state index contributed by atoms with van der Waals surface area (Å²) < 4.78 is 14.2. The average Bonchev–Trinajstić information content (AvgIpc) is 2.14. The van der Waals surface area contributed by atoms with Crippen molar-refractivity contribution in [2.24, 2.45) is 0 Å². The average molecular weight is 231 g/mol. The Morgan fingerprint density at radius 2 is 1.40 bits per heavy atom. The summed E-state index contributed by atoms with van der Waals surface area (Å²) in [6.07, 6.45) is -1.25. The number of hydrogen-bond acceptors (Lipinski definition) is 5. The van der Waals surface area contributed by atoms with Crippen LogP contribution in [0.25, 0.3) is 0 Å². The van der Waals surface area contributed by atoms with Gasteiger partial charge in [0, 0.05) is 6.61 Å². The normalized spacial score (nSPS) is 9.33. The van der Waals surface area contributed by atoms with Gasteiger partial charge in [-0.05, 0) is 20.8 Å². The van der Waals surface area contributed by atoms with Gasteiger partial charge in [-0.1, -0.05) is 0 Å². The van der Waals surface area contributed by atoms with Gasteiger partial charge in [0.1, 0.15) is 0 Å². The number of ether oxygens (including phenoxy) is 3. The van der Waals surface area contributed by atoms with Gasteiger partial charge in [0.15, 0.2) is 0 Å². The van der Waals surface area contributed by atoms with Crippen LogP contribution in [-0.4, -0.2) is 60.9 Å². The third-order valence-corrected chi connectivity index (χ3v) is 1.33. The van der Waals surface area contributed by atoms with E-state index in [1.807, 2.05) is 0 Å². The maximum absolute atomic E-state index is 11.2. The molecule has 15 heavy (non-hydrogen) atoms. The van der Waals surface area contributed by atoms with Gasteiger partial charge < -0.3 is 17.1 Å². The number of rotatable bonds is 6. The molecule has 0 aromatic heterocycles. The van der Waals surface area contributed by atoms with Gasteiger partial charge in [-0.3, -0.25) is 0 Å². The Labute approximate surface area is 109 Å². The second-order valence-corrected chi connectivity index (χ2v) is 2.34. The summed E-state index contributed by atoms with van der Waals surface area (Å²) in [6, 6.07) is 0. The molecular weight excluding hydrogens is 212 g/mol. The van der Waals surface area contributed by atoms with E-state index in [4.69, 9.17) is 4.74 Å². The summed E-state index contributed by atoms with van der Waals surface area (Å²) >= 11 is 0. The van der Waals surface area contributed by atoms with Crippen LogP contribution in [0.5, 0.6) is 0 Å². The van der Waals surface area contributed by atoms with Gasteiger partial charge >= 0.3 is 35.0 Å². The Morgan fingerprint density at radius 1 is 1.00 bits per heavy atom. The molecule has 0 atom stereocenters. The molecule has 6 heteroatoms. The van der Waals surface area contributed by atoms with Crippen molar-refractivity contribution in [1.82, 2.24) is 0 Å². The zero-order chi connectivity index (χ0) is 11.0. The molecule has 0 saturated heterocycles. The van der Waals surface area contributed by atoms with Crippen LogP contribution in [0.15, 0.2) is 0 Å². The van der Waals surface area contributed by atoms with E-state index in [2.05, 4.69) is 9.47 Å². The van der Waals surface area contributed by atoms with Gasteiger partial charge in [0.25, 0.3) is 6.10 Å². The minimum absolute atomic E-state index is 0. The molecule has 0 bridgehead atoms. The molecule has 0 aromatic rings. The Balaban J connectivity index is -0.000000282. The number of hydrogen-bond donors (Lipinski definition) is 0. The Hall–Kier alpha value is -0.334. The van der Waals surface area contributed by atoms with Crippen LogP contribution >= 0.6 is 0 Å². The van der Waals surface area contributed by atoms with Crippen LogP contribution in [-0.2, 0) is 23.8 Å². The molecule has 0 saturated carbocycles. The first-order valence-corrected chi connectivity index (χ1v) is 4.62. The zero-order valence-corrected chi connectivity index (χ0v) is 10.9. The fraction of sp³-hybridized carbons (Fsp3) is 0.778. The van der Waals surface area contributed by atoms with Crippen molar-refractivity contribution in [3.63, 3.8) is 0 Å². The third kappa shape index (κ3) is 6.70. The van der Waals surface area contributed by atoms with Crippen molar-refractivity contribution in [2.75, 3.05) is 19.8 Å². The minimum Gasteiger partial charge on any atom is -1.00 e. The van der Waals surface area contributed by atoms with Crippen molar-refractivity contribution >= 4 is 35.0 Å². The predicted octanol–water partition coefficient (Wildman–Crippen LogP) is 0.362. The van der Waals surface area contributed by atoms with Crippen LogP contribution in [0.1, 0.15) is 23.6 Å². The van der Waals surface area contributed by atoms with Crippen LogP contribution in [0.3, 0.4) is 0 Å². The van der Waals surface area contributed by atoms with Crippen molar-refractivity contribution < 1.29 is 26.7 Å². The number of carbonyl (C=O) groups is 2. The number of esters is 2. The predicted molar refractivity (Wildman–Crippen MR) is 56.7 cm³/mol. The minimum atomic E-state index is -1.25. The summed E-state index contributed by atoms with van der Waals surface area (Å²) in [5.74, 6) is -1.40. The van der Waals surface area contributed by atoms with Crippen molar-refractivity contribution in [3.8, 4) is 0 Å². The fourth-order valence-electron chi connectivity index (χ4n) is 0.835. The van der Waals surface area contributed by atoms with Gasteiger partial charge in [-0.25, -0.2) is 9.59 Å². The Morgan fingerprint density at radius 3 is 1.67 bits per heavy atom. The van der Waals surface area contributed by atoms with E-state index in [-0.39, 0.29) is 45.7 Å². The van der Waals surface area contributed by atoms with Gasteiger partial charge in [-0.2, -0.15) is 0 Å². The maximum atomic E-state index is 11.2. The molecule has 0 unspecified atom stereocenters. The Bertz CT molecular complexity index is 186. The molecule has 0 spiro atoms. The first-order valence-electron chi connectivity index (χ1n) is 4.62. The van der Waals surface area contributed by atoms with Crippen molar-refractivity contribution in [3.05, 3.63) is 0 Å². The van der Waals surface area contributed by atoms with Crippen LogP contribution in [0.2, 0.25) is 0 Å². The molecule has 0 fully saturated rings. The largest absolute Gasteiger partial charge is 2.00 e. The van der Waals surface area contributed by atoms with E-state index in [1.54, 1.807) is 20.8 Å². The first-order chi connectivity index (χ1) is 6.67. The smallest absolute Gasteiger partial charge is 1.00 e. The zero-order valence-electron chi connectivity index (χ0n) is 11.4. The molecule has 0 aliphatic rings. The SMILES string of the molecule is CCOC(=O)C(OCC)C(=O)OCC.[H-].[H-].[Mg+2]. The molecular formula is C9H18MgO5. The van der Waals surface area contributed by atoms with E-state index in [9.17, 15) is 9.59 Å². The van der Waals surface area contributed by atoms with E-state index in [1.165, 1.54) is 0 Å². The molecule has 0 aromatic carbocycles. The fourth-order valence-corrected chi connectivity index (χ4v) is 0.835. The van der Waals surface area contributed by atoms with Crippen LogP contribution in [0.4, 0.5) is 0 Å². The maximum Gasteiger partial charge on any atom is 2.00 e. The second-order valence-electron chi connectivity index (χ2n) is 2.34. The summed E-state index contributed by atoms with van der Waals surface area (Å²) in [5, 5.41) is 0. The molecule has 0 aliphatic heterocycles. The molecule has 5 nitrogen and oxygen atoms in total. The summed E-state index contributed by atoms with van der Waals surface area (Å²) in [4.78, 5) is 22.4. The van der Waals surface area contributed by atoms with E-state index in [0.717, 1.165) is 0 Å². The van der Waals surface area contributed by atoms with Crippen LogP contribution in [0, 0.1) is 0 Å². The number of carbonyl (C=O) groups excluding carboxylic acids is 2. The van der Waals surface area contributed by atoms with Crippen molar-refractivity contribution in [2.45, 2.75) is 26.9 Å². The van der Waals surface area contributed by atoms with Gasteiger partial charge in [-0.15, -0.1) is 0 Å². The Kier molecular flexibility index (Phi) is 11.6. The van der Waals surface area contributed by atoms with Crippen LogP contribution < -0.4 is 0 Å². The molecule has 86 valence electrons. The first kappa shape index (κ1) is 17.1. The van der Waals surface area contributed by atoms with Gasteiger partial charge in [0.05, 0.1) is 13.2 Å². The van der Waals surface area contributed by atoms with E-state index in [0.29, 0.717) is 0 Å². The molecule has 0 N–H and O–H groups in total. The molecule has 0 amide bonds. The standard InChI is InChI=1S/C9H16O5.Mg.2H/c1-4-12-7(8(10)13-5-2)9(11)14-6-3;;;/h7H,4-6H2,1-3H3;;;/q;+2;2*-1. The third-order valence-electron chi connectivity index (χ3n) is 1.33.